The van der Waals surface area contributed by atoms with Gasteiger partial charge < -0.3 is 14.8 Å². The Morgan fingerprint density at radius 1 is 1.00 bits per heavy atom. The van der Waals surface area contributed by atoms with Gasteiger partial charge in [0, 0.05) is 24.8 Å². The molecule has 2 aromatic carbocycles. The maximum atomic E-state index is 12.8. The van der Waals surface area contributed by atoms with Crippen LogP contribution in [-0.2, 0) is 13.1 Å². The molecule has 0 aliphatic carbocycles. The van der Waals surface area contributed by atoms with Crippen LogP contribution in [0, 0.1) is 0 Å². The molecule has 0 atom stereocenters. The Hall–Kier alpha value is -3.08. The molecule has 0 saturated heterocycles. The van der Waals surface area contributed by atoms with Crippen LogP contribution in [0.2, 0.25) is 0 Å². The summed E-state index contributed by atoms with van der Waals surface area (Å²) in [5.74, 6) is 0. The second kappa shape index (κ2) is 6.81. The molecule has 1 aliphatic rings. The first-order valence-electron chi connectivity index (χ1n) is 8.50. The van der Waals surface area contributed by atoms with Crippen LogP contribution in [0.3, 0.4) is 0 Å². The normalized spacial score (nSPS) is 13.8. The molecule has 0 fully saturated rings. The van der Waals surface area contributed by atoms with Gasteiger partial charge >= 0.3 is 6.03 Å². The van der Waals surface area contributed by atoms with E-state index in [4.69, 9.17) is 0 Å². The van der Waals surface area contributed by atoms with Gasteiger partial charge in [-0.1, -0.05) is 48.5 Å². The highest BCUT2D eigenvalue weighted by molar-refractivity contribution is 5.94. The van der Waals surface area contributed by atoms with Gasteiger partial charge in [-0.3, -0.25) is 0 Å². The highest BCUT2D eigenvalue weighted by Gasteiger charge is 2.20. The molecule has 4 rings (SSSR count). The number of imidazole rings is 1. The van der Waals surface area contributed by atoms with Gasteiger partial charge in [-0.15, -0.1) is 0 Å². The number of carbonyl (C=O) groups excluding carboxylic acids is 1. The number of aryl methyl sites for hydroxylation is 1. The van der Waals surface area contributed by atoms with Gasteiger partial charge in [0.2, 0.25) is 0 Å². The molecular formula is C20H20N4O. The third-order valence-electron chi connectivity index (χ3n) is 4.52. The number of nitrogens with zero attached hydrogens (tertiary/aromatic N) is 3. The lowest BCUT2D eigenvalue weighted by Crippen LogP contribution is -2.34. The van der Waals surface area contributed by atoms with Crippen molar-refractivity contribution < 1.29 is 4.79 Å². The SMILES string of the molecule is O=C(Nc1ccccc1-c1ccccc1)N1CCCn2cncc2C1. The zero-order valence-corrected chi connectivity index (χ0v) is 13.9. The fraction of sp³-hybridized carbons (Fsp3) is 0.200. The summed E-state index contributed by atoms with van der Waals surface area (Å²) in [5.41, 5.74) is 4.02. The van der Waals surface area contributed by atoms with Crippen molar-refractivity contribution in [1.82, 2.24) is 14.5 Å². The number of nitrogens with one attached hydrogen (secondary N) is 1. The van der Waals surface area contributed by atoms with Crippen molar-refractivity contribution in [3.8, 4) is 11.1 Å². The molecule has 1 aromatic heterocycles. The second-order valence-corrected chi connectivity index (χ2v) is 6.20. The van der Waals surface area contributed by atoms with Crippen LogP contribution < -0.4 is 5.32 Å². The van der Waals surface area contributed by atoms with Gasteiger partial charge in [0.25, 0.3) is 0 Å². The molecule has 0 spiro atoms. The summed E-state index contributed by atoms with van der Waals surface area (Å²) in [6.07, 6.45) is 4.60. The van der Waals surface area contributed by atoms with Gasteiger partial charge in [-0.2, -0.15) is 0 Å². The average Bonchev–Trinajstić information content (AvgIpc) is 2.99. The third kappa shape index (κ3) is 3.26. The zero-order chi connectivity index (χ0) is 17.1. The Labute approximate surface area is 146 Å². The van der Waals surface area contributed by atoms with Gasteiger partial charge in [-0.05, 0) is 18.1 Å². The van der Waals surface area contributed by atoms with Crippen LogP contribution in [0.4, 0.5) is 10.5 Å². The first kappa shape index (κ1) is 15.4. The van der Waals surface area contributed by atoms with Crippen molar-refractivity contribution in [3.63, 3.8) is 0 Å². The second-order valence-electron chi connectivity index (χ2n) is 6.20. The fourth-order valence-corrected chi connectivity index (χ4v) is 3.22. The Kier molecular flexibility index (Phi) is 4.21. The summed E-state index contributed by atoms with van der Waals surface area (Å²) in [4.78, 5) is 18.9. The summed E-state index contributed by atoms with van der Waals surface area (Å²) in [6, 6.07) is 17.9. The number of fused-ring (bicyclic) bond motifs is 1. The van der Waals surface area contributed by atoms with Crippen LogP contribution >= 0.6 is 0 Å². The van der Waals surface area contributed by atoms with Crippen LogP contribution in [0.25, 0.3) is 11.1 Å². The van der Waals surface area contributed by atoms with Crippen molar-refractivity contribution in [2.45, 2.75) is 19.5 Å². The molecule has 0 bridgehead atoms. The van der Waals surface area contributed by atoms with E-state index in [-0.39, 0.29) is 6.03 Å². The standard InChI is InChI=1S/C20H20N4O/c25-20(23-11-6-12-24-15-21-13-17(24)14-23)22-19-10-5-4-9-18(19)16-7-2-1-3-8-16/h1-5,7-10,13,15H,6,11-12,14H2,(H,22,25). The van der Waals surface area contributed by atoms with Crippen molar-refractivity contribution >= 4 is 11.7 Å². The quantitative estimate of drug-likeness (QED) is 0.771. The van der Waals surface area contributed by atoms with E-state index in [0.29, 0.717) is 6.54 Å². The van der Waals surface area contributed by atoms with Crippen LogP contribution in [-0.4, -0.2) is 27.0 Å². The predicted octanol–water partition coefficient (Wildman–Crippen LogP) is 3.99. The van der Waals surface area contributed by atoms with Crippen molar-refractivity contribution in [1.29, 1.82) is 0 Å². The highest BCUT2D eigenvalue weighted by Crippen LogP contribution is 2.28. The van der Waals surface area contributed by atoms with Gasteiger partial charge in [0.15, 0.2) is 0 Å². The monoisotopic (exact) mass is 332 g/mol. The topological polar surface area (TPSA) is 50.2 Å². The maximum Gasteiger partial charge on any atom is 0.322 e. The summed E-state index contributed by atoms with van der Waals surface area (Å²) >= 11 is 0. The maximum absolute atomic E-state index is 12.8. The molecule has 5 heteroatoms. The fourth-order valence-electron chi connectivity index (χ4n) is 3.22. The number of amides is 2. The number of benzene rings is 2. The van der Waals surface area contributed by atoms with Crippen molar-refractivity contribution in [2.24, 2.45) is 0 Å². The van der Waals surface area contributed by atoms with Crippen molar-refractivity contribution in [2.75, 3.05) is 11.9 Å². The number of hydrogen-bond donors (Lipinski definition) is 1. The van der Waals surface area contributed by atoms with Gasteiger partial charge in [-0.25, -0.2) is 9.78 Å². The summed E-state index contributed by atoms with van der Waals surface area (Å²) in [7, 11) is 0. The van der Waals surface area contributed by atoms with Crippen LogP contribution in [0.15, 0.2) is 67.1 Å². The highest BCUT2D eigenvalue weighted by atomic mass is 16.2. The minimum absolute atomic E-state index is 0.0713. The van der Waals surface area contributed by atoms with Gasteiger partial charge in [0.1, 0.15) is 0 Å². The third-order valence-corrected chi connectivity index (χ3v) is 4.52. The molecule has 2 heterocycles. The van der Waals surface area contributed by atoms with E-state index >= 15 is 0 Å². The molecular weight excluding hydrogens is 312 g/mol. The summed E-state index contributed by atoms with van der Waals surface area (Å²) in [5, 5.41) is 3.09. The van der Waals surface area contributed by atoms with E-state index < -0.39 is 0 Å². The molecule has 5 nitrogen and oxygen atoms in total. The largest absolute Gasteiger partial charge is 0.333 e. The molecule has 25 heavy (non-hydrogen) atoms. The number of urea groups is 1. The Morgan fingerprint density at radius 2 is 1.80 bits per heavy atom. The molecule has 3 aromatic rings. The lowest BCUT2D eigenvalue weighted by molar-refractivity contribution is 0.210. The minimum atomic E-state index is -0.0713. The first-order valence-corrected chi connectivity index (χ1v) is 8.50. The number of rotatable bonds is 2. The molecule has 0 radical (unpaired) electrons. The predicted molar refractivity (Wildman–Crippen MR) is 98.2 cm³/mol. The molecule has 126 valence electrons. The van der Waals surface area contributed by atoms with E-state index in [9.17, 15) is 4.79 Å². The lowest BCUT2D eigenvalue weighted by Gasteiger charge is -2.21. The van der Waals surface area contributed by atoms with Crippen LogP contribution in [0.5, 0.6) is 0 Å². The summed E-state index contributed by atoms with van der Waals surface area (Å²) in [6.45, 7) is 2.22. The number of aromatic nitrogens is 2. The average molecular weight is 332 g/mol. The number of para-hydroxylation sites is 1. The Balaban J connectivity index is 1.56. The van der Waals surface area contributed by atoms with Crippen LogP contribution in [0.1, 0.15) is 12.1 Å². The smallest absolute Gasteiger partial charge is 0.322 e. The van der Waals surface area contributed by atoms with E-state index in [1.807, 2.05) is 59.9 Å². The van der Waals surface area contributed by atoms with Gasteiger partial charge in [0.05, 0.1) is 24.3 Å². The lowest BCUT2D eigenvalue weighted by atomic mass is 10.0. The Morgan fingerprint density at radius 3 is 2.68 bits per heavy atom. The first-order chi connectivity index (χ1) is 12.3. The van der Waals surface area contributed by atoms with E-state index in [1.165, 1.54) is 0 Å². The van der Waals surface area contributed by atoms with E-state index in [0.717, 1.165) is 42.0 Å². The number of anilines is 1. The van der Waals surface area contributed by atoms with Crippen molar-refractivity contribution in [3.05, 3.63) is 72.8 Å². The minimum Gasteiger partial charge on any atom is -0.333 e. The molecule has 1 aliphatic heterocycles. The molecule has 0 saturated carbocycles. The summed E-state index contributed by atoms with van der Waals surface area (Å²) < 4.78 is 2.12. The van der Waals surface area contributed by atoms with E-state index in [1.54, 1.807) is 0 Å². The number of carbonyl (C=O) groups is 1. The molecule has 2 amide bonds. The molecule has 1 N–H and O–H groups in total. The Bertz CT molecular complexity index is 872. The van der Waals surface area contributed by atoms with E-state index in [2.05, 4.69) is 27.0 Å². The molecule has 0 unspecified atom stereocenters. The number of hydrogen-bond acceptors (Lipinski definition) is 2. The zero-order valence-electron chi connectivity index (χ0n) is 13.9.